The summed E-state index contributed by atoms with van der Waals surface area (Å²) in [6.07, 6.45) is 1.83. The van der Waals surface area contributed by atoms with Crippen molar-refractivity contribution in [2.24, 2.45) is 0 Å². The van der Waals surface area contributed by atoms with Crippen LogP contribution in [0, 0.1) is 0 Å². The molecule has 0 bridgehead atoms. The second-order valence-electron chi connectivity index (χ2n) is 7.09. The van der Waals surface area contributed by atoms with Crippen LogP contribution in [0.2, 0.25) is 5.02 Å². The van der Waals surface area contributed by atoms with E-state index in [1.54, 1.807) is 11.0 Å². The molecule has 2 atom stereocenters. The number of benzene rings is 2. The van der Waals surface area contributed by atoms with Crippen LogP contribution in [0.25, 0.3) is 0 Å². The number of carbonyl (C=O) groups is 1. The van der Waals surface area contributed by atoms with Crippen LogP contribution in [0.1, 0.15) is 29.6 Å². The smallest absolute Gasteiger partial charge is 0.223 e. The number of hydrogen-bond donors (Lipinski definition) is 0. The molecule has 2 aromatic carbocycles. The Morgan fingerprint density at radius 3 is 2.69 bits per heavy atom. The number of ether oxygens (including phenoxy) is 1. The summed E-state index contributed by atoms with van der Waals surface area (Å²) in [5.41, 5.74) is 2.12. The first-order chi connectivity index (χ1) is 14.2. The number of rotatable bonds is 6. The second kappa shape index (κ2) is 9.15. The third-order valence-corrected chi connectivity index (χ3v) is 5.40. The number of halogens is 1. The number of carbonyl (C=O) groups excluding carboxylic acids is 1. The highest BCUT2D eigenvalue weighted by atomic mass is 35.5. The maximum absolute atomic E-state index is 13.1. The molecule has 1 aliphatic heterocycles. The van der Waals surface area contributed by atoms with Gasteiger partial charge in [0.2, 0.25) is 5.91 Å². The molecular formula is C21H22ClN5O2. The molecule has 0 spiro atoms. The van der Waals surface area contributed by atoms with Gasteiger partial charge in [-0.2, -0.15) is 0 Å². The second-order valence-corrected chi connectivity index (χ2v) is 7.53. The molecule has 7 nitrogen and oxygen atoms in total. The Hall–Kier alpha value is -2.77. The van der Waals surface area contributed by atoms with Crippen LogP contribution in [0.3, 0.4) is 0 Å². The number of aromatic nitrogens is 4. The normalized spacial score (nSPS) is 17.8. The van der Waals surface area contributed by atoms with Crippen molar-refractivity contribution >= 4 is 17.5 Å². The van der Waals surface area contributed by atoms with Gasteiger partial charge in [0, 0.05) is 23.9 Å². The van der Waals surface area contributed by atoms with Gasteiger partial charge in [0.25, 0.3) is 0 Å². The lowest BCUT2D eigenvalue weighted by molar-refractivity contribution is -0.139. The van der Waals surface area contributed by atoms with Crippen LogP contribution in [0.5, 0.6) is 0 Å². The predicted molar refractivity (Wildman–Crippen MR) is 108 cm³/mol. The SMILES string of the molecule is O=C(C[C@H](Cn1cnnn1)c1ccc(Cl)cc1)N1CCO[C@@H](c2ccccc2)C1. The van der Waals surface area contributed by atoms with Gasteiger partial charge in [0.05, 0.1) is 19.7 Å². The van der Waals surface area contributed by atoms with Gasteiger partial charge in [-0.15, -0.1) is 5.10 Å². The molecule has 8 heteroatoms. The molecular weight excluding hydrogens is 390 g/mol. The molecule has 150 valence electrons. The first-order valence-corrected chi connectivity index (χ1v) is 9.97. The van der Waals surface area contributed by atoms with Crippen molar-refractivity contribution in [2.45, 2.75) is 25.0 Å². The predicted octanol–water partition coefficient (Wildman–Crippen LogP) is 3.10. The third kappa shape index (κ3) is 4.99. The fourth-order valence-electron chi connectivity index (χ4n) is 3.60. The van der Waals surface area contributed by atoms with Gasteiger partial charge in [-0.1, -0.05) is 54.1 Å². The van der Waals surface area contributed by atoms with Gasteiger partial charge in [0.15, 0.2) is 0 Å². The van der Waals surface area contributed by atoms with E-state index in [1.807, 2.05) is 59.5 Å². The highest BCUT2D eigenvalue weighted by Gasteiger charge is 2.27. The van der Waals surface area contributed by atoms with Crippen LogP contribution < -0.4 is 0 Å². The lowest BCUT2D eigenvalue weighted by Gasteiger charge is -2.34. The minimum Gasteiger partial charge on any atom is -0.370 e. The van der Waals surface area contributed by atoms with E-state index in [9.17, 15) is 4.79 Å². The van der Waals surface area contributed by atoms with Crippen LogP contribution in [-0.4, -0.2) is 50.7 Å². The molecule has 4 rings (SSSR count). The van der Waals surface area contributed by atoms with E-state index in [4.69, 9.17) is 16.3 Å². The van der Waals surface area contributed by atoms with E-state index >= 15 is 0 Å². The van der Waals surface area contributed by atoms with Crippen molar-refractivity contribution in [3.63, 3.8) is 0 Å². The average molecular weight is 412 g/mol. The molecule has 1 fully saturated rings. The van der Waals surface area contributed by atoms with Crippen molar-refractivity contribution in [1.29, 1.82) is 0 Å². The summed E-state index contributed by atoms with van der Waals surface area (Å²) in [7, 11) is 0. The molecule has 0 N–H and O–H groups in total. The summed E-state index contributed by atoms with van der Waals surface area (Å²) in [6.45, 7) is 2.21. The minimum atomic E-state index is -0.0950. The van der Waals surface area contributed by atoms with Gasteiger partial charge < -0.3 is 9.64 Å². The molecule has 0 saturated carbocycles. The van der Waals surface area contributed by atoms with E-state index in [0.29, 0.717) is 37.7 Å². The Morgan fingerprint density at radius 2 is 1.97 bits per heavy atom. The van der Waals surface area contributed by atoms with E-state index in [2.05, 4.69) is 15.5 Å². The molecule has 0 aliphatic carbocycles. The van der Waals surface area contributed by atoms with Crippen molar-refractivity contribution in [2.75, 3.05) is 19.7 Å². The van der Waals surface area contributed by atoms with Crippen molar-refractivity contribution < 1.29 is 9.53 Å². The van der Waals surface area contributed by atoms with Crippen LogP contribution in [-0.2, 0) is 16.1 Å². The Bertz CT molecular complexity index is 918. The number of nitrogens with zero attached hydrogens (tertiary/aromatic N) is 5. The minimum absolute atomic E-state index is 0.0544. The number of morpholine rings is 1. The van der Waals surface area contributed by atoms with Crippen LogP contribution in [0.15, 0.2) is 60.9 Å². The fourth-order valence-corrected chi connectivity index (χ4v) is 3.72. The van der Waals surface area contributed by atoms with E-state index < -0.39 is 0 Å². The fraction of sp³-hybridized carbons (Fsp3) is 0.333. The first kappa shape index (κ1) is 19.5. The Labute approximate surface area is 174 Å². The zero-order chi connectivity index (χ0) is 20.1. The summed E-state index contributed by atoms with van der Waals surface area (Å²) in [4.78, 5) is 15.0. The Morgan fingerprint density at radius 1 is 1.17 bits per heavy atom. The maximum atomic E-state index is 13.1. The highest BCUT2D eigenvalue weighted by Crippen LogP contribution is 2.27. The quantitative estimate of drug-likeness (QED) is 0.623. The highest BCUT2D eigenvalue weighted by molar-refractivity contribution is 6.30. The molecule has 29 heavy (non-hydrogen) atoms. The lowest BCUT2D eigenvalue weighted by atomic mass is 9.94. The molecule has 1 aromatic heterocycles. The van der Waals surface area contributed by atoms with Gasteiger partial charge >= 0.3 is 0 Å². The molecule has 3 aromatic rings. The summed E-state index contributed by atoms with van der Waals surface area (Å²) in [5, 5.41) is 12.0. The summed E-state index contributed by atoms with van der Waals surface area (Å²) in [5.74, 6) is 0.0449. The monoisotopic (exact) mass is 411 g/mol. The lowest BCUT2D eigenvalue weighted by Crippen LogP contribution is -2.42. The zero-order valence-electron chi connectivity index (χ0n) is 15.9. The summed E-state index contributed by atoms with van der Waals surface area (Å²) in [6, 6.07) is 17.6. The topological polar surface area (TPSA) is 73.1 Å². The number of amides is 1. The molecule has 0 radical (unpaired) electrons. The largest absolute Gasteiger partial charge is 0.370 e. The molecule has 1 amide bonds. The van der Waals surface area contributed by atoms with Crippen molar-refractivity contribution in [1.82, 2.24) is 25.1 Å². The number of hydrogen-bond acceptors (Lipinski definition) is 5. The third-order valence-electron chi connectivity index (χ3n) is 5.15. The molecule has 2 heterocycles. The number of tetrazole rings is 1. The van der Waals surface area contributed by atoms with E-state index in [0.717, 1.165) is 11.1 Å². The Kier molecular flexibility index (Phi) is 6.17. The van der Waals surface area contributed by atoms with E-state index in [-0.39, 0.29) is 17.9 Å². The standard InChI is InChI=1S/C21H22ClN5O2/c22-19-8-6-16(7-9-19)18(13-27-15-23-24-25-27)12-21(28)26-10-11-29-20(14-26)17-4-2-1-3-5-17/h1-9,15,18,20H,10-14H2/t18-,20-/m1/s1. The maximum Gasteiger partial charge on any atom is 0.223 e. The molecule has 1 aliphatic rings. The van der Waals surface area contributed by atoms with E-state index in [1.165, 1.54) is 0 Å². The molecule has 1 saturated heterocycles. The van der Waals surface area contributed by atoms with Gasteiger partial charge in [-0.25, -0.2) is 4.68 Å². The van der Waals surface area contributed by atoms with Gasteiger partial charge in [-0.05, 0) is 33.7 Å². The van der Waals surface area contributed by atoms with Crippen molar-refractivity contribution in [3.05, 3.63) is 77.1 Å². The van der Waals surface area contributed by atoms with Crippen LogP contribution >= 0.6 is 11.6 Å². The average Bonchev–Trinajstić information content (AvgIpc) is 3.28. The van der Waals surface area contributed by atoms with Gasteiger partial charge in [-0.3, -0.25) is 4.79 Å². The first-order valence-electron chi connectivity index (χ1n) is 9.59. The summed E-state index contributed by atoms with van der Waals surface area (Å²) < 4.78 is 7.54. The Balaban J connectivity index is 1.47. The van der Waals surface area contributed by atoms with Gasteiger partial charge in [0.1, 0.15) is 12.4 Å². The zero-order valence-corrected chi connectivity index (χ0v) is 16.7. The molecule has 0 unspecified atom stereocenters. The van der Waals surface area contributed by atoms with Crippen molar-refractivity contribution in [3.8, 4) is 0 Å². The summed E-state index contributed by atoms with van der Waals surface area (Å²) >= 11 is 6.03. The van der Waals surface area contributed by atoms with Crippen LogP contribution in [0.4, 0.5) is 0 Å².